The molecule has 0 spiro atoms. The zero-order valence-electron chi connectivity index (χ0n) is 8.21. The maximum absolute atomic E-state index is 9.35. The lowest BCUT2D eigenvalue weighted by Gasteiger charge is -2.28. The van der Waals surface area contributed by atoms with Crippen molar-refractivity contribution in [2.45, 2.75) is 50.7 Å². The summed E-state index contributed by atoms with van der Waals surface area (Å²) in [5.74, 6) is 0. The Morgan fingerprint density at radius 2 is 1.85 bits per heavy atom. The van der Waals surface area contributed by atoms with Crippen molar-refractivity contribution >= 4 is 0 Å². The van der Waals surface area contributed by atoms with Crippen molar-refractivity contribution in [1.29, 1.82) is 0 Å². The van der Waals surface area contributed by atoms with E-state index in [0.717, 1.165) is 19.5 Å². The van der Waals surface area contributed by atoms with Crippen LogP contribution in [-0.2, 0) is 0 Å². The first-order chi connectivity index (χ1) is 6.34. The maximum Gasteiger partial charge on any atom is 0.0693 e. The number of aliphatic hydroxyl groups excluding tert-OH is 1. The Labute approximate surface area is 80.1 Å². The molecule has 2 aliphatic rings. The van der Waals surface area contributed by atoms with E-state index in [1.165, 1.54) is 32.1 Å². The topological polar surface area (TPSA) is 35.5 Å². The highest BCUT2D eigenvalue weighted by Crippen LogP contribution is 2.18. The van der Waals surface area contributed by atoms with Crippen LogP contribution in [0.1, 0.15) is 38.5 Å². The molecule has 0 radical (unpaired) electrons. The Morgan fingerprint density at radius 3 is 2.46 bits per heavy atom. The monoisotopic (exact) mass is 184 g/mol. The molecule has 1 saturated carbocycles. The Kier molecular flexibility index (Phi) is 3.19. The average Bonchev–Trinajstić information content (AvgIpc) is 2.53. The van der Waals surface area contributed by atoms with Gasteiger partial charge in [0.15, 0.2) is 0 Å². The fraction of sp³-hybridized carbons (Fsp3) is 1.00. The Hall–Kier alpha value is -0.120. The lowest BCUT2D eigenvalue weighted by Crippen LogP contribution is -2.44. The Balaban J connectivity index is 1.71. The van der Waals surface area contributed by atoms with Crippen molar-refractivity contribution in [3.8, 4) is 0 Å². The molecule has 0 bridgehead atoms. The number of nitrogens with one attached hydrogen (secondary N) is 1. The third-order valence-electron chi connectivity index (χ3n) is 3.13. The predicted molar refractivity (Wildman–Crippen MR) is 52.2 cm³/mol. The molecule has 3 nitrogen and oxygen atoms in total. The van der Waals surface area contributed by atoms with Crippen molar-refractivity contribution < 1.29 is 5.11 Å². The number of hydrogen-bond donors (Lipinski definition) is 2. The van der Waals surface area contributed by atoms with Crippen molar-refractivity contribution in [2.75, 3.05) is 13.1 Å². The molecule has 13 heavy (non-hydrogen) atoms. The van der Waals surface area contributed by atoms with Crippen LogP contribution in [-0.4, -0.2) is 35.4 Å². The van der Waals surface area contributed by atoms with Crippen LogP contribution in [0.2, 0.25) is 0 Å². The molecule has 1 heterocycles. The molecule has 0 amide bonds. The van der Waals surface area contributed by atoms with Gasteiger partial charge in [0.05, 0.1) is 6.10 Å². The molecule has 1 saturated heterocycles. The minimum Gasteiger partial charge on any atom is -0.392 e. The molecule has 1 atom stereocenters. The fourth-order valence-corrected chi connectivity index (χ4v) is 2.35. The second-order valence-electron chi connectivity index (χ2n) is 4.35. The van der Waals surface area contributed by atoms with Gasteiger partial charge >= 0.3 is 0 Å². The fourth-order valence-electron chi connectivity index (χ4n) is 2.35. The third-order valence-corrected chi connectivity index (χ3v) is 3.13. The van der Waals surface area contributed by atoms with Crippen molar-refractivity contribution in [3.63, 3.8) is 0 Å². The van der Waals surface area contributed by atoms with E-state index in [1.54, 1.807) is 0 Å². The summed E-state index contributed by atoms with van der Waals surface area (Å²) < 4.78 is 0. The number of hydrazine groups is 1. The number of aliphatic hydroxyl groups is 1. The molecule has 2 rings (SSSR count). The van der Waals surface area contributed by atoms with Crippen LogP contribution in [0.15, 0.2) is 0 Å². The van der Waals surface area contributed by atoms with Gasteiger partial charge in [-0.2, -0.15) is 0 Å². The first-order valence-corrected chi connectivity index (χ1v) is 5.54. The van der Waals surface area contributed by atoms with Gasteiger partial charge in [-0.1, -0.05) is 19.3 Å². The van der Waals surface area contributed by atoms with Crippen LogP contribution in [0.4, 0.5) is 0 Å². The predicted octanol–water partition coefficient (Wildman–Crippen LogP) is 0.890. The summed E-state index contributed by atoms with van der Waals surface area (Å²) in [6.07, 6.45) is 7.60. The number of hydrogen-bond acceptors (Lipinski definition) is 3. The molecule has 3 heteroatoms. The van der Waals surface area contributed by atoms with Crippen LogP contribution in [0.5, 0.6) is 0 Å². The summed E-state index contributed by atoms with van der Waals surface area (Å²) in [6.45, 7) is 1.83. The molecule has 2 N–H and O–H groups in total. The molecule has 1 aliphatic carbocycles. The SMILES string of the molecule is OC1CCN(NC2CCCCC2)C1. The summed E-state index contributed by atoms with van der Waals surface area (Å²) in [5.41, 5.74) is 3.52. The highest BCUT2D eigenvalue weighted by molar-refractivity contribution is 4.76. The Bertz CT molecular complexity index is 154. The molecule has 0 aromatic heterocycles. The molecule has 1 aliphatic heterocycles. The normalized spacial score (nSPS) is 32.5. The minimum atomic E-state index is -0.101. The first kappa shape index (κ1) is 9.44. The van der Waals surface area contributed by atoms with Gasteiger partial charge in [0.2, 0.25) is 0 Å². The zero-order chi connectivity index (χ0) is 9.10. The largest absolute Gasteiger partial charge is 0.392 e. The van der Waals surface area contributed by atoms with Gasteiger partial charge in [-0.05, 0) is 19.3 Å². The molecular weight excluding hydrogens is 164 g/mol. The van der Waals surface area contributed by atoms with Gasteiger partial charge in [0.1, 0.15) is 0 Å². The summed E-state index contributed by atoms with van der Waals surface area (Å²) in [7, 11) is 0. The summed E-state index contributed by atoms with van der Waals surface area (Å²) in [6, 6.07) is 0.680. The standard InChI is InChI=1S/C10H20N2O/c13-10-6-7-12(8-10)11-9-4-2-1-3-5-9/h9-11,13H,1-8H2. The van der Waals surface area contributed by atoms with Crippen LogP contribution < -0.4 is 5.43 Å². The van der Waals surface area contributed by atoms with Crippen molar-refractivity contribution in [3.05, 3.63) is 0 Å². The van der Waals surface area contributed by atoms with Gasteiger partial charge in [-0.15, -0.1) is 0 Å². The van der Waals surface area contributed by atoms with Gasteiger partial charge in [-0.3, -0.25) is 5.43 Å². The smallest absolute Gasteiger partial charge is 0.0693 e. The van der Waals surface area contributed by atoms with Crippen LogP contribution in [0, 0.1) is 0 Å². The van der Waals surface area contributed by atoms with Crippen LogP contribution in [0.3, 0.4) is 0 Å². The van der Waals surface area contributed by atoms with Crippen LogP contribution >= 0.6 is 0 Å². The molecule has 76 valence electrons. The van der Waals surface area contributed by atoms with Gasteiger partial charge in [-0.25, -0.2) is 5.01 Å². The van der Waals surface area contributed by atoms with E-state index in [4.69, 9.17) is 0 Å². The van der Waals surface area contributed by atoms with E-state index in [0.29, 0.717) is 6.04 Å². The third kappa shape index (κ3) is 2.66. The number of nitrogens with zero attached hydrogens (tertiary/aromatic N) is 1. The number of rotatable bonds is 2. The lowest BCUT2D eigenvalue weighted by molar-refractivity contribution is 0.131. The van der Waals surface area contributed by atoms with E-state index in [1.807, 2.05) is 0 Å². The quantitative estimate of drug-likeness (QED) is 0.669. The summed E-state index contributed by atoms with van der Waals surface area (Å²) in [4.78, 5) is 0. The summed E-state index contributed by atoms with van der Waals surface area (Å²) >= 11 is 0. The second kappa shape index (κ2) is 4.40. The first-order valence-electron chi connectivity index (χ1n) is 5.54. The minimum absolute atomic E-state index is 0.101. The lowest BCUT2D eigenvalue weighted by atomic mass is 9.96. The van der Waals surface area contributed by atoms with Gasteiger partial charge in [0, 0.05) is 19.1 Å². The Morgan fingerprint density at radius 1 is 1.08 bits per heavy atom. The van der Waals surface area contributed by atoms with Crippen molar-refractivity contribution in [2.24, 2.45) is 0 Å². The number of β-amino-alcohol motifs (C(OH)–C–C–N with tert-alkyl or cyclic N) is 1. The van der Waals surface area contributed by atoms with Gasteiger partial charge < -0.3 is 5.11 Å². The van der Waals surface area contributed by atoms with E-state index in [2.05, 4.69) is 10.4 Å². The highest BCUT2D eigenvalue weighted by Gasteiger charge is 2.23. The average molecular weight is 184 g/mol. The summed E-state index contributed by atoms with van der Waals surface area (Å²) in [5, 5.41) is 11.5. The van der Waals surface area contributed by atoms with E-state index in [-0.39, 0.29) is 6.10 Å². The second-order valence-corrected chi connectivity index (χ2v) is 4.35. The van der Waals surface area contributed by atoms with Crippen molar-refractivity contribution in [1.82, 2.24) is 10.4 Å². The zero-order valence-corrected chi connectivity index (χ0v) is 8.21. The molecule has 2 fully saturated rings. The van der Waals surface area contributed by atoms with E-state index < -0.39 is 0 Å². The maximum atomic E-state index is 9.35. The van der Waals surface area contributed by atoms with Gasteiger partial charge in [0.25, 0.3) is 0 Å². The molecular formula is C10H20N2O. The molecule has 0 aromatic carbocycles. The van der Waals surface area contributed by atoms with E-state index >= 15 is 0 Å². The van der Waals surface area contributed by atoms with Crippen LogP contribution in [0.25, 0.3) is 0 Å². The highest BCUT2D eigenvalue weighted by atomic mass is 16.3. The molecule has 0 aromatic rings. The van der Waals surface area contributed by atoms with E-state index in [9.17, 15) is 5.11 Å². The molecule has 1 unspecified atom stereocenters.